The van der Waals surface area contributed by atoms with Crippen molar-refractivity contribution in [1.82, 2.24) is 4.90 Å². The molecule has 0 bridgehead atoms. The van der Waals surface area contributed by atoms with Crippen molar-refractivity contribution in [1.29, 1.82) is 0 Å². The van der Waals surface area contributed by atoms with Crippen molar-refractivity contribution in [2.45, 2.75) is 52.9 Å². The average Bonchev–Trinajstić information content (AvgIpc) is 3.07. The molecule has 0 spiro atoms. The molecule has 3 atom stereocenters. The SMILES string of the molecule is CC(=O)N1CCC(CC2CC(=O)C(c3c(C)cc(C)cc3C)C2=O)C1. The quantitative estimate of drug-likeness (QED) is 0.794. The van der Waals surface area contributed by atoms with Gasteiger partial charge in [-0.15, -0.1) is 0 Å². The van der Waals surface area contributed by atoms with E-state index >= 15 is 0 Å². The smallest absolute Gasteiger partial charge is 0.219 e. The van der Waals surface area contributed by atoms with Crippen molar-refractivity contribution < 1.29 is 14.4 Å². The fraction of sp³-hybridized carbons (Fsp3) is 0.571. The van der Waals surface area contributed by atoms with E-state index in [9.17, 15) is 14.4 Å². The van der Waals surface area contributed by atoms with E-state index in [1.807, 2.05) is 25.7 Å². The molecular formula is C21H27NO3. The molecule has 1 amide bonds. The molecule has 3 unspecified atom stereocenters. The van der Waals surface area contributed by atoms with Crippen LogP contribution in [0, 0.1) is 32.6 Å². The third-order valence-electron chi connectivity index (χ3n) is 5.83. The lowest BCUT2D eigenvalue weighted by Crippen LogP contribution is -2.26. The Hall–Kier alpha value is -1.97. The second-order valence-corrected chi connectivity index (χ2v) is 7.87. The van der Waals surface area contributed by atoms with Gasteiger partial charge in [0.2, 0.25) is 5.91 Å². The fourth-order valence-electron chi connectivity index (χ4n) is 4.72. The van der Waals surface area contributed by atoms with Gasteiger partial charge in [0.15, 0.2) is 5.78 Å². The zero-order valence-corrected chi connectivity index (χ0v) is 15.6. The lowest BCUT2D eigenvalue weighted by atomic mass is 9.85. The molecule has 134 valence electrons. The molecular weight excluding hydrogens is 314 g/mol. The average molecular weight is 341 g/mol. The van der Waals surface area contributed by atoms with Gasteiger partial charge < -0.3 is 4.90 Å². The number of nitrogens with zero attached hydrogens (tertiary/aromatic N) is 1. The van der Waals surface area contributed by atoms with Gasteiger partial charge in [-0.3, -0.25) is 14.4 Å². The summed E-state index contributed by atoms with van der Waals surface area (Å²) in [6.07, 6.45) is 2.02. The lowest BCUT2D eigenvalue weighted by Gasteiger charge is -2.18. The zero-order chi connectivity index (χ0) is 18.3. The molecule has 1 aliphatic heterocycles. The Labute approximate surface area is 149 Å². The van der Waals surface area contributed by atoms with Crippen LogP contribution in [0.5, 0.6) is 0 Å². The van der Waals surface area contributed by atoms with E-state index in [2.05, 4.69) is 12.1 Å². The number of hydrogen-bond acceptors (Lipinski definition) is 3. The largest absolute Gasteiger partial charge is 0.343 e. The van der Waals surface area contributed by atoms with Gasteiger partial charge in [0.25, 0.3) is 0 Å². The molecule has 1 aromatic rings. The van der Waals surface area contributed by atoms with Crippen LogP contribution in [0.2, 0.25) is 0 Å². The van der Waals surface area contributed by atoms with Gasteiger partial charge in [-0.2, -0.15) is 0 Å². The van der Waals surface area contributed by atoms with E-state index in [4.69, 9.17) is 0 Å². The normalized spacial score (nSPS) is 26.6. The monoisotopic (exact) mass is 341 g/mol. The summed E-state index contributed by atoms with van der Waals surface area (Å²) in [6.45, 7) is 9.10. The third-order valence-corrected chi connectivity index (χ3v) is 5.83. The van der Waals surface area contributed by atoms with E-state index in [-0.39, 0.29) is 23.4 Å². The topological polar surface area (TPSA) is 54.5 Å². The number of Topliss-reactive ketones (excluding diaryl/α,β-unsaturated/α-hetero) is 2. The minimum atomic E-state index is -0.587. The Bertz CT molecular complexity index is 714. The standard InChI is InChI=1S/C21H27NO3/c1-12-7-13(2)19(14(3)8-12)20-18(24)10-17(21(20)25)9-16-5-6-22(11-16)15(4)23/h7-8,16-17,20H,5-6,9-11H2,1-4H3. The van der Waals surface area contributed by atoms with E-state index in [1.165, 1.54) is 0 Å². The first-order chi connectivity index (χ1) is 11.8. The summed E-state index contributed by atoms with van der Waals surface area (Å²) < 4.78 is 0. The van der Waals surface area contributed by atoms with Gasteiger partial charge in [0.05, 0.1) is 0 Å². The van der Waals surface area contributed by atoms with Crippen LogP contribution in [0.4, 0.5) is 0 Å². The molecule has 1 saturated heterocycles. The molecule has 1 saturated carbocycles. The van der Waals surface area contributed by atoms with Crippen LogP contribution in [-0.2, 0) is 14.4 Å². The molecule has 4 nitrogen and oxygen atoms in total. The van der Waals surface area contributed by atoms with Crippen molar-refractivity contribution in [3.8, 4) is 0 Å². The van der Waals surface area contributed by atoms with Crippen molar-refractivity contribution in [3.63, 3.8) is 0 Å². The van der Waals surface area contributed by atoms with Crippen molar-refractivity contribution in [2.24, 2.45) is 11.8 Å². The molecule has 1 aliphatic carbocycles. The van der Waals surface area contributed by atoms with E-state index in [0.29, 0.717) is 12.3 Å². The number of aryl methyl sites for hydroxylation is 3. The van der Waals surface area contributed by atoms with Crippen LogP contribution >= 0.6 is 0 Å². The number of rotatable bonds is 3. The van der Waals surface area contributed by atoms with Crippen molar-refractivity contribution in [2.75, 3.05) is 13.1 Å². The molecule has 4 heteroatoms. The number of benzene rings is 1. The van der Waals surface area contributed by atoms with Gasteiger partial charge in [-0.1, -0.05) is 17.7 Å². The maximum absolute atomic E-state index is 13.0. The number of carbonyl (C=O) groups is 3. The highest BCUT2D eigenvalue weighted by atomic mass is 16.2. The predicted octanol–water partition coefficient (Wildman–Crippen LogP) is 3.11. The minimum Gasteiger partial charge on any atom is -0.343 e. The Morgan fingerprint density at radius 3 is 2.36 bits per heavy atom. The molecule has 0 N–H and O–H groups in total. The summed E-state index contributed by atoms with van der Waals surface area (Å²) in [6, 6.07) is 4.11. The zero-order valence-electron chi connectivity index (χ0n) is 15.6. The van der Waals surface area contributed by atoms with Gasteiger partial charge in [-0.25, -0.2) is 0 Å². The van der Waals surface area contributed by atoms with Crippen molar-refractivity contribution in [3.05, 3.63) is 34.4 Å². The van der Waals surface area contributed by atoms with E-state index < -0.39 is 5.92 Å². The summed E-state index contributed by atoms with van der Waals surface area (Å²) >= 11 is 0. The summed E-state index contributed by atoms with van der Waals surface area (Å²) in [7, 11) is 0. The number of hydrogen-bond donors (Lipinski definition) is 0. The maximum atomic E-state index is 13.0. The summed E-state index contributed by atoms with van der Waals surface area (Å²) in [5, 5.41) is 0. The highest BCUT2D eigenvalue weighted by Crippen LogP contribution is 2.39. The maximum Gasteiger partial charge on any atom is 0.219 e. The fourth-order valence-corrected chi connectivity index (χ4v) is 4.72. The van der Waals surface area contributed by atoms with Crippen LogP contribution in [-0.4, -0.2) is 35.5 Å². The molecule has 0 radical (unpaired) electrons. The van der Waals surface area contributed by atoms with Gasteiger partial charge in [0, 0.05) is 32.4 Å². The highest BCUT2D eigenvalue weighted by molar-refractivity contribution is 6.15. The van der Waals surface area contributed by atoms with Crippen LogP contribution in [0.25, 0.3) is 0 Å². The van der Waals surface area contributed by atoms with E-state index in [1.54, 1.807) is 6.92 Å². The van der Waals surface area contributed by atoms with Gasteiger partial charge >= 0.3 is 0 Å². The van der Waals surface area contributed by atoms with Crippen LogP contribution in [0.15, 0.2) is 12.1 Å². The Balaban J connectivity index is 1.76. The molecule has 25 heavy (non-hydrogen) atoms. The first-order valence-corrected chi connectivity index (χ1v) is 9.17. The molecule has 1 aromatic carbocycles. The Morgan fingerprint density at radius 1 is 1.16 bits per heavy atom. The number of amides is 1. The molecule has 2 fully saturated rings. The number of likely N-dealkylation sites (tertiary alicyclic amines) is 1. The summed E-state index contributed by atoms with van der Waals surface area (Å²) in [5.41, 5.74) is 4.14. The van der Waals surface area contributed by atoms with Gasteiger partial charge in [0.1, 0.15) is 11.7 Å². The predicted molar refractivity (Wildman–Crippen MR) is 96.5 cm³/mol. The number of carbonyl (C=O) groups excluding carboxylic acids is 3. The Morgan fingerprint density at radius 2 is 1.80 bits per heavy atom. The van der Waals surface area contributed by atoms with Crippen LogP contribution in [0.3, 0.4) is 0 Å². The molecule has 0 aromatic heterocycles. The van der Waals surface area contributed by atoms with Crippen LogP contribution < -0.4 is 0 Å². The Kier molecular flexibility index (Phi) is 4.81. The van der Waals surface area contributed by atoms with Crippen molar-refractivity contribution >= 4 is 17.5 Å². The third kappa shape index (κ3) is 3.39. The highest BCUT2D eigenvalue weighted by Gasteiger charge is 2.44. The van der Waals surface area contributed by atoms with E-state index in [0.717, 1.165) is 48.2 Å². The lowest BCUT2D eigenvalue weighted by molar-refractivity contribution is -0.128. The first kappa shape index (κ1) is 17.8. The summed E-state index contributed by atoms with van der Waals surface area (Å²) in [4.78, 5) is 39.0. The summed E-state index contributed by atoms with van der Waals surface area (Å²) in [5.74, 6) is -0.192. The van der Waals surface area contributed by atoms with Gasteiger partial charge in [-0.05, 0) is 56.2 Å². The van der Waals surface area contributed by atoms with Crippen LogP contribution in [0.1, 0.15) is 54.4 Å². The number of ketones is 2. The second-order valence-electron chi connectivity index (χ2n) is 7.87. The molecule has 3 rings (SSSR count). The second kappa shape index (κ2) is 6.74. The molecule has 1 heterocycles. The molecule has 2 aliphatic rings. The minimum absolute atomic E-state index is 0.0616. The first-order valence-electron chi connectivity index (χ1n) is 9.17.